The van der Waals surface area contributed by atoms with Crippen molar-refractivity contribution in [2.24, 2.45) is 5.10 Å². The minimum absolute atomic E-state index is 0.0604. The van der Waals surface area contributed by atoms with Crippen LogP contribution in [-0.4, -0.2) is 30.4 Å². The fourth-order valence-corrected chi connectivity index (χ4v) is 4.74. The first-order valence-electron chi connectivity index (χ1n) is 9.50. The molecule has 29 heavy (non-hydrogen) atoms. The summed E-state index contributed by atoms with van der Waals surface area (Å²) >= 11 is 0. The van der Waals surface area contributed by atoms with Gasteiger partial charge in [-0.3, -0.25) is 0 Å². The third-order valence-electron chi connectivity index (χ3n) is 5.31. The predicted octanol–water partition coefficient (Wildman–Crippen LogP) is 3.54. The van der Waals surface area contributed by atoms with Gasteiger partial charge >= 0.3 is 0 Å². The second-order valence-corrected chi connectivity index (χ2v) is 9.15. The molecule has 0 aliphatic carbocycles. The Bertz CT molecular complexity index is 1330. The second kappa shape index (κ2) is 6.63. The van der Waals surface area contributed by atoms with Crippen molar-refractivity contribution in [1.29, 1.82) is 0 Å². The molecule has 2 aliphatic heterocycles. The minimum Gasteiger partial charge on any atom is -0.355 e. The number of hydrogen-bond acceptors (Lipinski definition) is 5. The van der Waals surface area contributed by atoms with Crippen LogP contribution >= 0.6 is 0 Å². The molecule has 0 unspecified atom stereocenters. The van der Waals surface area contributed by atoms with E-state index in [9.17, 15) is 8.42 Å². The van der Waals surface area contributed by atoms with Crippen LogP contribution in [0.3, 0.4) is 0 Å². The van der Waals surface area contributed by atoms with E-state index in [0.717, 1.165) is 39.2 Å². The van der Waals surface area contributed by atoms with E-state index >= 15 is 0 Å². The fourth-order valence-electron chi connectivity index (χ4n) is 3.75. The van der Waals surface area contributed by atoms with Gasteiger partial charge in [0.05, 0.1) is 23.5 Å². The molecule has 2 aromatic carbocycles. The average molecular weight is 404 g/mol. The van der Waals surface area contributed by atoms with E-state index in [0.29, 0.717) is 12.1 Å². The molecular weight excluding hydrogens is 384 g/mol. The van der Waals surface area contributed by atoms with E-state index < -0.39 is 10.0 Å². The molecular formula is C22H20N4O2S. The normalized spacial score (nSPS) is 18.3. The van der Waals surface area contributed by atoms with Crippen molar-refractivity contribution >= 4 is 38.4 Å². The van der Waals surface area contributed by atoms with Gasteiger partial charge in [-0.25, -0.2) is 12.4 Å². The number of anilines is 1. The highest BCUT2D eigenvalue weighted by molar-refractivity contribution is 7.90. The summed E-state index contributed by atoms with van der Waals surface area (Å²) in [6.07, 6.45) is 5.79. The van der Waals surface area contributed by atoms with Crippen LogP contribution in [0.1, 0.15) is 18.1 Å². The summed E-state index contributed by atoms with van der Waals surface area (Å²) in [5.74, 6) is 0.0604. The lowest BCUT2D eigenvalue weighted by Gasteiger charge is -2.18. The number of para-hydroxylation sites is 1. The quantitative estimate of drug-likeness (QED) is 0.700. The number of hydrogen-bond donors (Lipinski definition) is 2. The van der Waals surface area contributed by atoms with Crippen molar-refractivity contribution in [2.75, 3.05) is 17.6 Å². The van der Waals surface area contributed by atoms with Crippen molar-refractivity contribution in [3.63, 3.8) is 0 Å². The van der Waals surface area contributed by atoms with E-state index in [4.69, 9.17) is 0 Å². The average Bonchev–Trinajstić information content (AvgIpc) is 3.40. The van der Waals surface area contributed by atoms with Crippen LogP contribution in [0, 0.1) is 0 Å². The number of nitrogens with one attached hydrogen (secondary N) is 2. The van der Waals surface area contributed by atoms with E-state index in [1.54, 1.807) is 13.1 Å². The number of rotatable bonds is 3. The Morgan fingerprint density at radius 1 is 1.10 bits per heavy atom. The Kier molecular flexibility index (Phi) is 4.06. The van der Waals surface area contributed by atoms with Crippen molar-refractivity contribution < 1.29 is 8.42 Å². The number of benzene rings is 2. The van der Waals surface area contributed by atoms with Gasteiger partial charge < -0.3 is 10.7 Å². The van der Waals surface area contributed by atoms with Crippen LogP contribution in [0.4, 0.5) is 5.69 Å². The topological polar surface area (TPSA) is 75.5 Å². The molecule has 0 atom stereocenters. The number of aromatic nitrogens is 1. The largest absolute Gasteiger partial charge is 0.355 e. The molecule has 0 bridgehead atoms. The summed E-state index contributed by atoms with van der Waals surface area (Å²) in [5, 5.41) is 8.87. The highest BCUT2D eigenvalue weighted by atomic mass is 32.2. The third kappa shape index (κ3) is 2.94. The van der Waals surface area contributed by atoms with E-state index in [1.807, 2.05) is 36.4 Å². The Labute approximate surface area is 169 Å². The maximum Gasteiger partial charge on any atom is 0.238 e. The Morgan fingerprint density at radius 2 is 1.97 bits per heavy atom. The zero-order chi connectivity index (χ0) is 20.0. The Hall–Kier alpha value is -3.32. The molecule has 0 spiro atoms. The van der Waals surface area contributed by atoms with Gasteiger partial charge in [0.15, 0.2) is 0 Å². The summed E-state index contributed by atoms with van der Waals surface area (Å²) in [6.45, 7) is 2.28. The Morgan fingerprint density at radius 3 is 2.83 bits per heavy atom. The van der Waals surface area contributed by atoms with Gasteiger partial charge in [-0.2, -0.15) is 5.10 Å². The van der Waals surface area contributed by atoms with Crippen LogP contribution in [-0.2, 0) is 10.0 Å². The van der Waals surface area contributed by atoms with Crippen LogP contribution in [0.2, 0.25) is 0 Å². The molecule has 0 radical (unpaired) electrons. The Balaban J connectivity index is 1.55. The summed E-state index contributed by atoms with van der Waals surface area (Å²) < 4.78 is 25.9. The molecule has 0 saturated heterocycles. The summed E-state index contributed by atoms with van der Waals surface area (Å²) in [7, 11) is -3.32. The standard InChI is InChI=1S/C22H20N4O2S/c1-2-29(27,28)26-12-11-16-13-17(8-10-21(16)26)22-18(14-23-25-22)20-9-7-15-5-3-4-6-19(15)24-20/h3-13,23-24H,2,14H2,1H3/b20-18-. The summed E-state index contributed by atoms with van der Waals surface area (Å²) in [6, 6.07) is 15.8. The maximum absolute atomic E-state index is 12.3. The molecule has 3 heterocycles. The fraction of sp³-hybridized carbons (Fsp3) is 0.136. The van der Waals surface area contributed by atoms with Gasteiger partial charge in [-0.15, -0.1) is 0 Å². The van der Waals surface area contributed by atoms with Crippen LogP contribution < -0.4 is 10.7 Å². The van der Waals surface area contributed by atoms with Crippen LogP contribution in [0.25, 0.3) is 17.0 Å². The lowest BCUT2D eigenvalue weighted by atomic mass is 9.98. The van der Waals surface area contributed by atoms with Crippen molar-refractivity contribution in [3.05, 3.63) is 83.2 Å². The summed E-state index contributed by atoms with van der Waals surface area (Å²) in [5.41, 5.74) is 9.90. The van der Waals surface area contributed by atoms with Crippen LogP contribution in [0.15, 0.2) is 77.2 Å². The number of fused-ring (bicyclic) bond motifs is 2. The van der Waals surface area contributed by atoms with Gasteiger partial charge in [0.2, 0.25) is 10.0 Å². The molecule has 146 valence electrons. The molecule has 7 heteroatoms. The lowest BCUT2D eigenvalue weighted by molar-refractivity contribution is 0.590. The van der Waals surface area contributed by atoms with Gasteiger partial charge in [-0.05, 0) is 42.8 Å². The molecule has 0 amide bonds. The molecule has 0 fully saturated rings. The van der Waals surface area contributed by atoms with Gasteiger partial charge in [0.1, 0.15) is 0 Å². The first-order valence-corrected chi connectivity index (χ1v) is 11.1. The maximum atomic E-state index is 12.3. The highest BCUT2D eigenvalue weighted by Crippen LogP contribution is 2.29. The minimum atomic E-state index is -3.32. The highest BCUT2D eigenvalue weighted by Gasteiger charge is 2.22. The van der Waals surface area contributed by atoms with Gasteiger partial charge in [-0.1, -0.05) is 30.3 Å². The van der Waals surface area contributed by atoms with Gasteiger partial charge in [0.25, 0.3) is 0 Å². The predicted molar refractivity (Wildman–Crippen MR) is 117 cm³/mol. The number of hydrazone groups is 1. The molecule has 2 aliphatic rings. The second-order valence-electron chi connectivity index (χ2n) is 7.02. The monoisotopic (exact) mass is 404 g/mol. The molecule has 3 aromatic rings. The molecule has 1 aromatic heterocycles. The zero-order valence-electron chi connectivity index (χ0n) is 15.9. The first-order chi connectivity index (χ1) is 14.1. The molecule has 0 saturated carbocycles. The molecule has 5 rings (SSSR count). The van der Waals surface area contributed by atoms with E-state index in [-0.39, 0.29) is 5.75 Å². The van der Waals surface area contributed by atoms with Crippen molar-refractivity contribution in [3.8, 4) is 0 Å². The third-order valence-corrected chi connectivity index (χ3v) is 6.96. The van der Waals surface area contributed by atoms with Crippen LogP contribution in [0.5, 0.6) is 0 Å². The SMILES string of the molecule is CCS(=O)(=O)n1ccc2cc(C3=NNC/C3=C3\C=Cc4ccccc4N3)ccc21. The first kappa shape index (κ1) is 17.8. The van der Waals surface area contributed by atoms with E-state index in [1.165, 1.54) is 3.97 Å². The smallest absolute Gasteiger partial charge is 0.238 e. The van der Waals surface area contributed by atoms with Gasteiger partial charge in [0, 0.05) is 34.1 Å². The number of allylic oxidation sites excluding steroid dienone is 1. The zero-order valence-corrected chi connectivity index (χ0v) is 16.7. The molecule has 6 nitrogen and oxygen atoms in total. The van der Waals surface area contributed by atoms with Crippen molar-refractivity contribution in [1.82, 2.24) is 9.40 Å². The number of nitrogens with zero attached hydrogens (tertiary/aromatic N) is 2. The van der Waals surface area contributed by atoms with Crippen molar-refractivity contribution in [2.45, 2.75) is 6.92 Å². The summed E-state index contributed by atoms with van der Waals surface area (Å²) in [4.78, 5) is 0. The molecule has 2 N–H and O–H groups in total. The lowest BCUT2D eigenvalue weighted by Crippen LogP contribution is -2.14. The van der Waals surface area contributed by atoms with E-state index in [2.05, 4.69) is 40.1 Å².